The van der Waals surface area contributed by atoms with E-state index in [0.717, 1.165) is 63.4 Å². The molecule has 7 heteroatoms. The molecule has 6 nitrogen and oxygen atoms in total. The van der Waals surface area contributed by atoms with Crippen molar-refractivity contribution in [2.75, 3.05) is 45.8 Å². The van der Waals surface area contributed by atoms with Crippen LogP contribution in [0.2, 0.25) is 0 Å². The summed E-state index contributed by atoms with van der Waals surface area (Å²) in [5, 5.41) is 6.85. The first kappa shape index (κ1) is 24.5. The van der Waals surface area contributed by atoms with Gasteiger partial charge in [0.25, 0.3) is 0 Å². The van der Waals surface area contributed by atoms with E-state index in [1.807, 2.05) is 11.8 Å². The number of aliphatic imine (C=N–C) groups is 1. The molecule has 0 aromatic heterocycles. The molecular weight excluding hydrogens is 453 g/mol. The Bertz CT molecular complexity index is 463. The molecular formula is C20H40IN5O. The van der Waals surface area contributed by atoms with Gasteiger partial charge in [0.15, 0.2) is 5.96 Å². The summed E-state index contributed by atoms with van der Waals surface area (Å²) < 4.78 is 0. The second kappa shape index (κ2) is 12.8. The molecule has 0 radical (unpaired) electrons. The van der Waals surface area contributed by atoms with Gasteiger partial charge in [0, 0.05) is 51.7 Å². The third-order valence-corrected chi connectivity index (χ3v) is 5.38. The first-order valence-electron chi connectivity index (χ1n) is 10.6. The topological polar surface area (TPSA) is 60.0 Å². The fourth-order valence-corrected chi connectivity index (χ4v) is 4.30. The van der Waals surface area contributed by atoms with Gasteiger partial charge >= 0.3 is 0 Å². The number of hydrogen-bond acceptors (Lipinski definition) is 3. The number of nitrogens with one attached hydrogen (secondary N) is 2. The monoisotopic (exact) mass is 493 g/mol. The average molecular weight is 493 g/mol. The Hall–Kier alpha value is -0.570. The number of guanidine groups is 1. The highest BCUT2D eigenvalue weighted by molar-refractivity contribution is 14.0. The van der Waals surface area contributed by atoms with Gasteiger partial charge < -0.3 is 20.4 Å². The number of piperidine rings is 1. The van der Waals surface area contributed by atoms with Crippen LogP contribution < -0.4 is 10.6 Å². The molecule has 2 heterocycles. The molecule has 2 rings (SSSR count). The minimum absolute atomic E-state index is 0. The van der Waals surface area contributed by atoms with E-state index in [1.54, 1.807) is 0 Å². The van der Waals surface area contributed by atoms with E-state index in [2.05, 4.69) is 36.3 Å². The Kier molecular flexibility index (Phi) is 11.6. The lowest BCUT2D eigenvalue weighted by Gasteiger charge is -2.34. The second-order valence-corrected chi connectivity index (χ2v) is 8.14. The van der Waals surface area contributed by atoms with Crippen LogP contribution in [0.25, 0.3) is 0 Å². The van der Waals surface area contributed by atoms with Crippen LogP contribution in [-0.4, -0.2) is 73.5 Å². The van der Waals surface area contributed by atoms with Crippen molar-refractivity contribution < 1.29 is 4.79 Å². The van der Waals surface area contributed by atoms with Crippen molar-refractivity contribution in [3.63, 3.8) is 0 Å². The molecule has 2 aliphatic heterocycles. The quantitative estimate of drug-likeness (QED) is 0.248. The molecule has 2 saturated heterocycles. The SMILES string of the molecule is CCNC(=NCCCN1CC(C)CC(C)C1)NC1CCN(C(=O)CC)C1.I. The van der Waals surface area contributed by atoms with E-state index in [1.165, 1.54) is 19.5 Å². The summed E-state index contributed by atoms with van der Waals surface area (Å²) in [6.07, 6.45) is 4.05. The summed E-state index contributed by atoms with van der Waals surface area (Å²) in [6, 6.07) is 0.312. The Labute approximate surface area is 182 Å². The van der Waals surface area contributed by atoms with Crippen LogP contribution in [0, 0.1) is 11.8 Å². The predicted octanol–water partition coefficient (Wildman–Crippen LogP) is 2.54. The predicted molar refractivity (Wildman–Crippen MR) is 124 cm³/mol. The van der Waals surface area contributed by atoms with Gasteiger partial charge in [-0.05, 0) is 44.6 Å². The lowest BCUT2D eigenvalue weighted by Crippen LogP contribution is -2.45. The summed E-state index contributed by atoms with van der Waals surface area (Å²) in [6.45, 7) is 15.7. The van der Waals surface area contributed by atoms with E-state index in [4.69, 9.17) is 4.99 Å². The molecule has 0 aliphatic carbocycles. The number of halogens is 1. The van der Waals surface area contributed by atoms with Gasteiger partial charge in [-0.25, -0.2) is 0 Å². The highest BCUT2D eigenvalue weighted by Crippen LogP contribution is 2.20. The molecule has 2 fully saturated rings. The number of amides is 1. The van der Waals surface area contributed by atoms with Crippen LogP contribution in [0.1, 0.15) is 53.4 Å². The van der Waals surface area contributed by atoms with Gasteiger partial charge in [-0.2, -0.15) is 0 Å². The van der Waals surface area contributed by atoms with Crippen LogP contribution in [0.3, 0.4) is 0 Å². The van der Waals surface area contributed by atoms with Gasteiger partial charge in [0.2, 0.25) is 5.91 Å². The van der Waals surface area contributed by atoms with Gasteiger partial charge in [-0.3, -0.25) is 9.79 Å². The molecule has 3 atom stereocenters. The average Bonchev–Trinajstić information content (AvgIpc) is 3.06. The number of carbonyl (C=O) groups excluding carboxylic acids is 1. The van der Waals surface area contributed by atoms with E-state index < -0.39 is 0 Å². The molecule has 3 unspecified atom stereocenters. The number of hydrogen-bond donors (Lipinski definition) is 2. The highest BCUT2D eigenvalue weighted by Gasteiger charge is 2.25. The lowest BCUT2D eigenvalue weighted by atomic mass is 9.92. The zero-order valence-electron chi connectivity index (χ0n) is 17.7. The van der Waals surface area contributed by atoms with Crippen LogP contribution >= 0.6 is 24.0 Å². The largest absolute Gasteiger partial charge is 0.357 e. The Morgan fingerprint density at radius 1 is 1.15 bits per heavy atom. The number of carbonyl (C=O) groups is 1. The summed E-state index contributed by atoms with van der Waals surface area (Å²) in [7, 11) is 0. The summed E-state index contributed by atoms with van der Waals surface area (Å²) in [4.78, 5) is 21.1. The standard InChI is InChI=1S/C20H39N5O.HI/c1-5-19(26)25-11-8-18(15-25)23-20(21-6-2)22-9-7-10-24-13-16(3)12-17(4)14-24;/h16-18H,5-15H2,1-4H3,(H2,21,22,23);1H. The molecule has 2 aliphatic rings. The fourth-order valence-electron chi connectivity index (χ4n) is 4.30. The normalized spacial score (nSPS) is 26.6. The van der Waals surface area contributed by atoms with Gasteiger partial charge in [-0.1, -0.05) is 20.8 Å². The maximum Gasteiger partial charge on any atom is 0.222 e. The van der Waals surface area contributed by atoms with Crippen molar-refractivity contribution >= 4 is 35.8 Å². The summed E-state index contributed by atoms with van der Waals surface area (Å²) in [5.74, 6) is 2.78. The van der Waals surface area contributed by atoms with Gasteiger partial charge in [0.1, 0.15) is 0 Å². The van der Waals surface area contributed by atoms with E-state index in [9.17, 15) is 4.79 Å². The third kappa shape index (κ3) is 8.54. The molecule has 0 saturated carbocycles. The van der Waals surface area contributed by atoms with Gasteiger partial charge in [-0.15, -0.1) is 24.0 Å². The second-order valence-electron chi connectivity index (χ2n) is 8.14. The van der Waals surface area contributed by atoms with Crippen LogP contribution in [-0.2, 0) is 4.79 Å². The lowest BCUT2D eigenvalue weighted by molar-refractivity contribution is -0.129. The van der Waals surface area contributed by atoms with Crippen LogP contribution in [0.15, 0.2) is 4.99 Å². The van der Waals surface area contributed by atoms with Crippen molar-refractivity contribution in [1.82, 2.24) is 20.4 Å². The molecule has 0 spiro atoms. The fraction of sp³-hybridized carbons (Fsp3) is 0.900. The van der Waals surface area contributed by atoms with E-state index >= 15 is 0 Å². The van der Waals surface area contributed by atoms with Crippen LogP contribution in [0.5, 0.6) is 0 Å². The third-order valence-electron chi connectivity index (χ3n) is 5.38. The zero-order chi connectivity index (χ0) is 18.9. The maximum atomic E-state index is 11.8. The Balaban J connectivity index is 0.00000364. The number of likely N-dealkylation sites (tertiary alicyclic amines) is 2. The molecule has 158 valence electrons. The molecule has 0 aromatic rings. The Morgan fingerprint density at radius 2 is 1.85 bits per heavy atom. The molecule has 0 aromatic carbocycles. The molecule has 1 amide bonds. The van der Waals surface area contributed by atoms with Crippen molar-refractivity contribution in [2.45, 2.75) is 59.4 Å². The first-order valence-corrected chi connectivity index (χ1v) is 10.6. The van der Waals surface area contributed by atoms with Crippen molar-refractivity contribution in [1.29, 1.82) is 0 Å². The minimum atomic E-state index is 0. The molecule has 0 bridgehead atoms. The summed E-state index contributed by atoms with van der Waals surface area (Å²) in [5.41, 5.74) is 0. The first-order chi connectivity index (χ1) is 12.5. The van der Waals surface area contributed by atoms with Gasteiger partial charge in [0.05, 0.1) is 0 Å². The van der Waals surface area contributed by atoms with Crippen LogP contribution in [0.4, 0.5) is 0 Å². The Morgan fingerprint density at radius 3 is 2.48 bits per heavy atom. The van der Waals surface area contributed by atoms with E-state index in [-0.39, 0.29) is 29.9 Å². The molecule has 2 N–H and O–H groups in total. The number of rotatable bonds is 7. The summed E-state index contributed by atoms with van der Waals surface area (Å²) >= 11 is 0. The maximum absolute atomic E-state index is 11.8. The zero-order valence-corrected chi connectivity index (χ0v) is 20.0. The highest BCUT2D eigenvalue weighted by atomic mass is 127. The van der Waals surface area contributed by atoms with Crippen molar-refractivity contribution in [3.05, 3.63) is 0 Å². The minimum Gasteiger partial charge on any atom is -0.357 e. The smallest absolute Gasteiger partial charge is 0.222 e. The van der Waals surface area contributed by atoms with Crippen molar-refractivity contribution in [2.24, 2.45) is 16.8 Å². The molecule has 27 heavy (non-hydrogen) atoms. The number of nitrogens with zero attached hydrogens (tertiary/aromatic N) is 3. The van der Waals surface area contributed by atoms with E-state index in [0.29, 0.717) is 12.5 Å². The van der Waals surface area contributed by atoms with Crippen molar-refractivity contribution in [3.8, 4) is 0 Å².